The molecular formula is C13H17Cl. The zero-order valence-corrected chi connectivity index (χ0v) is 9.48. The average Bonchev–Trinajstić information content (AvgIpc) is 2.18. The molecule has 76 valence electrons. The van der Waals surface area contributed by atoms with Crippen LogP contribution in [0.25, 0.3) is 5.57 Å². The smallest absolute Gasteiger partial charge is 0.0480 e. The van der Waals surface area contributed by atoms with E-state index in [9.17, 15) is 0 Å². The first-order valence-electron chi connectivity index (χ1n) is 5.18. The second kappa shape index (κ2) is 5.87. The van der Waals surface area contributed by atoms with Crippen molar-refractivity contribution in [3.05, 3.63) is 41.4 Å². The number of benzene rings is 1. The fourth-order valence-electron chi connectivity index (χ4n) is 1.47. The monoisotopic (exact) mass is 208 g/mol. The fraction of sp³-hybridized carbons (Fsp3) is 0.385. The summed E-state index contributed by atoms with van der Waals surface area (Å²) in [6.07, 6.45) is 4.78. The lowest BCUT2D eigenvalue weighted by Crippen LogP contribution is -1.85. The lowest BCUT2D eigenvalue weighted by Gasteiger charge is -2.07. The molecule has 1 aromatic rings. The molecular weight excluding hydrogens is 192 g/mol. The van der Waals surface area contributed by atoms with Gasteiger partial charge in [0.15, 0.2) is 0 Å². The van der Waals surface area contributed by atoms with E-state index in [2.05, 4.69) is 13.5 Å². The van der Waals surface area contributed by atoms with Gasteiger partial charge in [-0.1, -0.05) is 56.1 Å². The van der Waals surface area contributed by atoms with E-state index in [4.69, 9.17) is 11.6 Å². The molecule has 0 saturated carbocycles. The molecule has 0 amide bonds. The maximum Gasteiger partial charge on any atom is 0.0480 e. The lowest BCUT2D eigenvalue weighted by atomic mass is 10.0. The number of unbranched alkanes of at least 4 members (excludes halogenated alkanes) is 2. The van der Waals surface area contributed by atoms with Gasteiger partial charge in [0.2, 0.25) is 0 Å². The van der Waals surface area contributed by atoms with E-state index in [0.29, 0.717) is 0 Å². The summed E-state index contributed by atoms with van der Waals surface area (Å²) in [4.78, 5) is 0. The summed E-state index contributed by atoms with van der Waals surface area (Å²) in [5, 5.41) is 0.814. The molecule has 0 fully saturated rings. The summed E-state index contributed by atoms with van der Waals surface area (Å²) in [6, 6.07) is 7.91. The third kappa shape index (κ3) is 3.19. The molecule has 0 bridgehead atoms. The molecule has 1 aromatic carbocycles. The van der Waals surface area contributed by atoms with E-state index in [1.165, 1.54) is 19.3 Å². The van der Waals surface area contributed by atoms with Gasteiger partial charge in [0, 0.05) is 5.02 Å². The second-order valence-corrected chi connectivity index (χ2v) is 3.95. The van der Waals surface area contributed by atoms with E-state index in [1.54, 1.807) is 0 Å². The van der Waals surface area contributed by atoms with Gasteiger partial charge in [-0.2, -0.15) is 0 Å². The Kier molecular flexibility index (Phi) is 4.75. The Morgan fingerprint density at radius 3 is 2.64 bits per heavy atom. The Hall–Kier alpha value is -0.750. The Morgan fingerprint density at radius 1 is 1.29 bits per heavy atom. The van der Waals surface area contributed by atoms with Gasteiger partial charge in [0.25, 0.3) is 0 Å². The minimum absolute atomic E-state index is 0.814. The highest BCUT2D eigenvalue weighted by atomic mass is 35.5. The van der Waals surface area contributed by atoms with Gasteiger partial charge in [0.05, 0.1) is 0 Å². The second-order valence-electron chi connectivity index (χ2n) is 3.54. The third-order valence-corrected chi connectivity index (χ3v) is 2.67. The highest BCUT2D eigenvalue weighted by molar-refractivity contribution is 6.32. The average molecular weight is 209 g/mol. The van der Waals surface area contributed by atoms with Crippen LogP contribution in [-0.4, -0.2) is 0 Å². The van der Waals surface area contributed by atoms with Crippen LogP contribution >= 0.6 is 11.6 Å². The molecule has 14 heavy (non-hydrogen) atoms. The summed E-state index contributed by atoms with van der Waals surface area (Å²) < 4.78 is 0. The van der Waals surface area contributed by atoms with E-state index >= 15 is 0 Å². The number of rotatable bonds is 5. The first kappa shape index (κ1) is 11.3. The van der Waals surface area contributed by atoms with Crippen molar-refractivity contribution in [3.63, 3.8) is 0 Å². The van der Waals surface area contributed by atoms with Gasteiger partial charge in [-0.3, -0.25) is 0 Å². The van der Waals surface area contributed by atoms with Gasteiger partial charge in [0.1, 0.15) is 0 Å². The zero-order chi connectivity index (χ0) is 10.4. The SMILES string of the molecule is C=C(CCCCC)c1ccccc1Cl. The predicted molar refractivity (Wildman–Crippen MR) is 64.6 cm³/mol. The Balaban J connectivity index is 2.56. The molecule has 1 heteroatoms. The van der Waals surface area contributed by atoms with Crippen LogP contribution in [0.2, 0.25) is 5.02 Å². The minimum atomic E-state index is 0.814. The first-order chi connectivity index (χ1) is 6.75. The van der Waals surface area contributed by atoms with Crippen molar-refractivity contribution in [2.24, 2.45) is 0 Å². The number of hydrogen-bond donors (Lipinski definition) is 0. The highest BCUT2D eigenvalue weighted by Crippen LogP contribution is 2.25. The number of allylic oxidation sites excluding steroid dienone is 1. The first-order valence-corrected chi connectivity index (χ1v) is 5.56. The van der Waals surface area contributed by atoms with Gasteiger partial charge < -0.3 is 0 Å². The van der Waals surface area contributed by atoms with Crippen LogP contribution in [0.15, 0.2) is 30.8 Å². The highest BCUT2D eigenvalue weighted by Gasteiger charge is 2.02. The molecule has 0 aliphatic rings. The normalized spacial score (nSPS) is 10.1. The van der Waals surface area contributed by atoms with Crippen molar-refractivity contribution in [2.45, 2.75) is 32.6 Å². The molecule has 0 nitrogen and oxygen atoms in total. The molecule has 0 unspecified atom stereocenters. The third-order valence-electron chi connectivity index (χ3n) is 2.34. The minimum Gasteiger partial charge on any atom is -0.0952 e. The summed E-state index contributed by atoms with van der Waals surface area (Å²) in [7, 11) is 0. The van der Waals surface area contributed by atoms with Crippen molar-refractivity contribution < 1.29 is 0 Å². The van der Waals surface area contributed by atoms with Crippen LogP contribution in [0, 0.1) is 0 Å². The molecule has 0 N–H and O–H groups in total. The van der Waals surface area contributed by atoms with Crippen LogP contribution in [-0.2, 0) is 0 Å². The van der Waals surface area contributed by atoms with Crippen molar-refractivity contribution >= 4 is 17.2 Å². The quantitative estimate of drug-likeness (QED) is 0.602. The standard InChI is InChI=1S/C13H17Cl/c1-3-4-5-8-11(2)12-9-6-7-10-13(12)14/h6-7,9-10H,2-5,8H2,1H3. The van der Waals surface area contributed by atoms with Crippen LogP contribution in [0.1, 0.15) is 38.2 Å². The van der Waals surface area contributed by atoms with E-state index < -0.39 is 0 Å². The lowest BCUT2D eigenvalue weighted by molar-refractivity contribution is 0.736. The van der Waals surface area contributed by atoms with Crippen LogP contribution in [0.5, 0.6) is 0 Å². The van der Waals surface area contributed by atoms with Gasteiger partial charge in [-0.05, 0) is 30.0 Å². The number of hydrogen-bond acceptors (Lipinski definition) is 0. The molecule has 0 radical (unpaired) electrons. The molecule has 0 aromatic heterocycles. The van der Waals surface area contributed by atoms with Crippen molar-refractivity contribution in [2.75, 3.05) is 0 Å². The maximum absolute atomic E-state index is 6.07. The Bertz CT molecular complexity index is 302. The molecule has 0 aliphatic heterocycles. The van der Waals surface area contributed by atoms with Crippen LogP contribution in [0.3, 0.4) is 0 Å². The Labute approximate surface area is 91.6 Å². The fourth-order valence-corrected chi connectivity index (χ4v) is 1.74. The van der Waals surface area contributed by atoms with E-state index in [-0.39, 0.29) is 0 Å². The van der Waals surface area contributed by atoms with Crippen LogP contribution in [0.4, 0.5) is 0 Å². The van der Waals surface area contributed by atoms with Crippen molar-refractivity contribution in [3.8, 4) is 0 Å². The molecule has 0 saturated heterocycles. The number of halogens is 1. The van der Waals surface area contributed by atoms with Crippen molar-refractivity contribution in [1.82, 2.24) is 0 Å². The van der Waals surface area contributed by atoms with Gasteiger partial charge in [-0.15, -0.1) is 0 Å². The van der Waals surface area contributed by atoms with Crippen LogP contribution < -0.4 is 0 Å². The maximum atomic E-state index is 6.07. The summed E-state index contributed by atoms with van der Waals surface area (Å²) >= 11 is 6.07. The molecule has 0 aliphatic carbocycles. The van der Waals surface area contributed by atoms with Crippen molar-refractivity contribution in [1.29, 1.82) is 0 Å². The van der Waals surface area contributed by atoms with E-state index in [0.717, 1.165) is 22.6 Å². The van der Waals surface area contributed by atoms with Gasteiger partial charge >= 0.3 is 0 Å². The summed E-state index contributed by atoms with van der Waals surface area (Å²) in [5.74, 6) is 0. The summed E-state index contributed by atoms with van der Waals surface area (Å²) in [5.41, 5.74) is 2.26. The summed E-state index contributed by atoms with van der Waals surface area (Å²) in [6.45, 7) is 6.28. The van der Waals surface area contributed by atoms with Gasteiger partial charge in [-0.25, -0.2) is 0 Å². The Morgan fingerprint density at radius 2 is 2.00 bits per heavy atom. The molecule has 1 rings (SSSR count). The molecule has 0 atom stereocenters. The molecule has 0 heterocycles. The van der Waals surface area contributed by atoms with E-state index in [1.807, 2.05) is 24.3 Å². The topological polar surface area (TPSA) is 0 Å². The largest absolute Gasteiger partial charge is 0.0952 e. The zero-order valence-electron chi connectivity index (χ0n) is 8.72. The predicted octanol–water partition coefficient (Wildman–Crippen LogP) is 4.93. The molecule has 0 spiro atoms.